The van der Waals surface area contributed by atoms with Crippen molar-refractivity contribution < 1.29 is 14.3 Å². The quantitative estimate of drug-likeness (QED) is 0.884. The summed E-state index contributed by atoms with van der Waals surface area (Å²) in [5.41, 5.74) is 7.04. The van der Waals surface area contributed by atoms with Gasteiger partial charge >= 0.3 is 0 Å². The van der Waals surface area contributed by atoms with E-state index in [1.165, 1.54) is 0 Å². The molecule has 2 aromatic carbocycles. The average molecular weight is 320 g/mol. The Balaban J connectivity index is 2.33. The van der Waals surface area contributed by atoms with E-state index in [4.69, 9.17) is 26.8 Å². The smallest absolute Gasteiger partial charge is 0.258 e. The fourth-order valence-corrected chi connectivity index (χ4v) is 2.22. The van der Waals surface area contributed by atoms with Crippen molar-refractivity contribution in [1.29, 1.82) is 0 Å². The molecule has 0 fully saturated rings. The molecule has 0 spiro atoms. The van der Waals surface area contributed by atoms with Gasteiger partial charge in [0.25, 0.3) is 5.91 Å². The normalized spacial score (nSPS) is 11.8. The van der Waals surface area contributed by atoms with Crippen LogP contribution in [0.5, 0.6) is 11.5 Å². The van der Waals surface area contributed by atoms with Gasteiger partial charge in [0.1, 0.15) is 11.5 Å². The molecular weight excluding hydrogens is 302 g/mol. The molecule has 0 saturated heterocycles. The van der Waals surface area contributed by atoms with Gasteiger partial charge in [-0.25, -0.2) is 0 Å². The summed E-state index contributed by atoms with van der Waals surface area (Å²) in [6.45, 7) is 4.13. The summed E-state index contributed by atoms with van der Waals surface area (Å²) in [5.74, 6) is 0.753. The fraction of sp³-hybridized carbons (Fsp3) is 0.235. The van der Waals surface area contributed by atoms with E-state index < -0.39 is 12.0 Å². The second-order valence-electron chi connectivity index (χ2n) is 4.80. The van der Waals surface area contributed by atoms with Crippen molar-refractivity contribution in [3.8, 4) is 22.6 Å². The largest absolute Gasteiger partial charge is 0.494 e. The zero-order valence-corrected chi connectivity index (χ0v) is 13.3. The average Bonchev–Trinajstić information content (AvgIpc) is 2.47. The number of benzene rings is 2. The van der Waals surface area contributed by atoms with Gasteiger partial charge in [-0.2, -0.15) is 0 Å². The Morgan fingerprint density at radius 3 is 2.59 bits per heavy atom. The summed E-state index contributed by atoms with van der Waals surface area (Å²) in [6.07, 6.45) is -0.721. The van der Waals surface area contributed by atoms with E-state index in [9.17, 15) is 4.79 Å². The highest BCUT2D eigenvalue weighted by molar-refractivity contribution is 6.31. The van der Waals surface area contributed by atoms with E-state index in [1.54, 1.807) is 13.0 Å². The SMILES string of the molecule is CCOc1cccc(-c2cc(Cl)cc(OC(C)C(N)=O)c2)c1. The van der Waals surface area contributed by atoms with Crippen LogP contribution in [-0.4, -0.2) is 18.6 Å². The van der Waals surface area contributed by atoms with Gasteiger partial charge in [-0.1, -0.05) is 23.7 Å². The molecule has 0 bridgehead atoms. The van der Waals surface area contributed by atoms with Crippen LogP contribution in [0.2, 0.25) is 5.02 Å². The van der Waals surface area contributed by atoms with E-state index in [-0.39, 0.29) is 0 Å². The van der Waals surface area contributed by atoms with E-state index >= 15 is 0 Å². The predicted octanol–water partition coefficient (Wildman–Crippen LogP) is 3.66. The lowest BCUT2D eigenvalue weighted by atomic mass is 10.1. The molecular formula is C17H18ClNO3. The van der Waals surface area contributed by atoms with Gasteiger partial charge in [0, 0.05) is 5.02 Å². The third kappa shape index (κ3) is 4.15. The second kappa shape index (κ2) is 7.18. The van der Waals surface area contributed by atoms with Crippen LogP contribution in [-0.2, 0) is 4.79 Å². The predicted molar refractivity (Wildman–Crippen MR) is 87.3 cm³/mol. The molecule has 0 aliphatic rings. The minimum Gasteiger partial charge on any atom is -0.494 e. The van der Waals surface area contributed by atoms with Crippen LogP contribution >= 0.6 is 11.6 Å². The van der Waals surface area contributed by atoms with Crippen LogP contribution in [0.15, 0.2) is 42.5 Å². The van der Waals surface area contributed by atoms with Crippen molar-refractivity contribution in [2.45, 2.75) is 20.0 Å². The molecule has 4 nitrogen and oxygen atoms in total. The molecule has 0 saturated carbocycles. The van der Waals surface area contributed by atoms with E-state index in [1.807, 2.05) is 43.3 Å². The lowest BCUT2D eigenvalue weighted by Crippen LogP contribution is -2.30. The third-order valence-electron chi connectivity index (χ3n) is 3.06. The summed E-state index contributed by atoms with van der Waals surface area (Å²) < 4.78 is 11.0. The Kier molecular flexibility index (Phi) is 5.28. The molecule has 0 aliphatic carbocycles. The zero-order valence-electron chi connectivity index (χ0n) is 12.5. The molecule has 0 aromatic heterocycles. The number of carbonyl (C=O) groups excluding carboxylic acids is 1. The molecule has 2 rings (SSSR count). The minimum atomic E-state index is -0.721. The van der Waals surface area contributed by atoms with Crippen molar-refractivity contribution in [2.24, 2.45) is 5.73 Å². The van der Waals surface area contributed by atoms with Gasteiger partial charge in [0.05, 0.1) is 6.61 Å². The first kappa shape index (κ1) is 16.2. The first-order valence-corrected chi connectivity index (χ1v) is 7.37. The van der Waals surface area contributed by atoms with Gasteiger partial charge in [-0.15, -0.1) is 0 Å². The first-order valence-electron chi connectivity index (χ1n) is 6.99. The summed E-state index contributed by atoms with van der Waals surface area (Å²) >= 11 is 6.14. The lowest BCUT2D eigenvalue weighted by molar-refractivity contribution is -0.123. The molecule has 0 aliphatic heterocycles. The highest BCUT2D eigenvalue weighted by Gasteiger charge is 2.12. The van der Waals surface area contributed by atoms with Gasteiger partial charge in [-0.3, -0.25) is 4.79 Å². The number of nitrogens with two attached hydrogens (primary N) is 1. The number of primary amides is 1. The Morgan fingerprint density at radius 2 is 1.91 bits per heavy atom. The molecule has 0 radical (unpaired) electrons. The van der Waals surface area contributed by atoms with E-state index in [0.717, 1.165) is 16.9 Å². The van der Waals surface area contributed by atoms with Crippen molar-refractivity contribution in [3.63, 3.8) is 0 Å². The number of ether oxygens (including phenoxy) is 2. The second-order valence-corrected chi connectivity index (χ2v) is 5.24. The Morgan fingerprint density at radius 1 is 1.18 bits per heavy atom. The first-order chi connectivity index (χ1) is 10.5. The summed E-state index contributed by atoms with van der Waals surface area (Å²) in [5, 5.41) is 0.519. The Labute approximate surface area is 134 Å². The van der Waals surface area contributed by atoms with E-state index in [0.29, 0.717) is 17.4 Å². The third-order valence-corrected chi connectivity index (χ3v) is 3.28. The molecule has 5 heteroatoms. The maximum Gasteiger partial charge on any atom is 0.258 e. The van der Waals surface area contributed by atoms with E-state index in [2.05, 4.69) is 0 Å². The van der Waals surface area contributed by atoms with Gasteiger partial charge in [0.15, 0.2) is 6.10 Å². The molecule has 2 aromatic rings. The van der Waals surface area contributed by atoms with Crippen molar-refractivity contribution >= 4 is 17.5 Å². The van der Waals surface area contributed by atoms with Crippen molar-refractivity contribution in [2.75, 3.05) is 6.61 Å². The number of carbonyl (C=O) groups is 1. The Hall–Kier alpha value is -2.20. The van der Waals surface area contributed by atoms with Gasteiger partial charge in [-0.05, 0) is 55.3 Å². The van der Waals surface area contributed by atoms with Gasteiger partial charge < -0.3 is 15.2 Å². The lowest BCUT2D eigenvalue weighted by Gasteiger charge is -2.13. The molecule has 22 heavy (non-hydrogen) atoms. The number of amides is 1. The molecule has 1 unspecified atom stereocenters. The van der Waals surface area contributed by atoms with Crippen LogP contribution in [0.3, 0.4) is 0 Å². The standard InChI is InChI=1S/C17H18ClNO3/c1-3-21-15-6-4-5-12(8-15)13-7-14(18)10-16(9-13)22-11(2)17(19)20/h4-11H,3H2,1-2H3,(H2,19,20). The number of hydrogen-bond acceptors (Lipinski definition) is 3. The van der Waals surface area contributed by atoms with Crippen LogP contribution in [0, 0.1) is 0 Å². The monoisotopic (exact) mass is 319 g/mol. The van der Waals surface area contributed by atoms with Crippen LogP contribution in [0.1, 0.15) is 13.8 Å². The highest BCUT2D eigenvalue weighted by atomic mass is 35.5. The highest BCUT2D eigenvalue weighted by Crippen LogP contribution is 2.30. The van der Waals surface area contributed by atoms with Crippen LogP contribution < -0.4 is 15.2 Å². The topological polar surface area (TPSA) is 61.6 Å². The van der Waals surface area contributed by atoms with Crippen LogP contribution in [0.25, 0.3) is 11.1 Å². The Bertz CT molecular complexity index is 673. The summed E-state index contributed by atoms with van der Waals surface area (Å²) in [6, 6.07) is 13.0. The molecule has 0 heterocycles. The van der Waals surface area contributed by atoms with Crippen LogP contribution in [0.4, 0.5) is 0 Å². The maximum atomic E-state index is 11.1. The maximum absolute atomic E-state index is 11.1. The number of hydrogen-bond donors (Lipinski definition) is 1. The zero-order chi connectivity index (χ0) is 16.1. The number of rotatable bonds is 6. The summed E-state index contributed by atoms with van der Waals surface area (Å²) in [4.78, 5) is 11.1. The minimum absolute atomic E-state index is 0.496. The fourth-order valence-electron chi connectivity index (χ4n) is 1.99. The molecule has 1 atom stereocenters. The molecule has 1 amide bonds. The summed E-state index contributed by atoms with van der Waals surface area (Å²) in [7, 11) is 0. The number of halogens is 1. The molecule has 2 N–H and O–H groups in total. The van der Waals surface area contributed by atoms with Crippen molar-refractivity contribution in [3.05, 3.63) is 47.5 Å². The van der Waals surface area contributed by atoms with Gasteiger partial charge in [0.2, 0.25) is 0 Å². The molecule has 116 valence electrons. The van der Waals surface area contributed by atoms with Crippen molar-refractivity contribution in [1.82, 2.24) is 0 Å².